The van der Waals surface area contributed by atoms with Gasteiger partial charge in [0.2, 0.25) is 5.91 Å². The van der Waals surface area contributed by atoms with Crippen molar-refractivity contribution in [3.8, 4) is 0 Å². The van der Waals surface area contributed by atoms with E-state index < -0.39 is 0 Å². The summed E-state index contributed by atoms with van der Waals surface area (Å²) in [6.45, 7) is 5.53. The van der Waals surface area contributed by atoms with Crippen LogP contribution < -0.4 is 5.73 Å². The zero-order chi connectivity index (χ0) is 16.4. The van der Waals surface area contributed by atoms with Gasteiger partial charge in [0, 0.05) is 26.2 Å². The molecule has 0 radical (unpaired) electrons. The average Bonchev–Trinajstić information content (AvgIpc) is 3.24. The van der Waals surface area contributed by atoms with Crippen LogP contribution in [0.3, 0.4) is 0 Å². The summed E-state index contributed by atoms with van der Waals surface area (Å²) in [6, 6.07) is -0.305. The predicted molar refractivity (Wildman–Crippen MR) is 93.9 cm³/mol. The van der Waals surface area contributed by atoms with Crippen LogP contribution in [0, 0.1) is 5.41 Å². The molecule has 6 nitrogen and oxygen atoms in total. The molecule has 0 spiro atoms. The molecule has 24 heavy (non-hydrogen) atoms. The molecular formula is C17H30ClN3O3. The highest BCUT2D eigenvalue weighted by Gasteiger charge is 2.42. The maximum absolute atomic E-state index is 13.0. The number of ether oxygens (including phenoxy) is 1. The molecule has 3 saturated heterocycles. The molecular weight excluding hydrogens is 330 g/mol. The number of rotatable bonds is 3. The Hall–Kier alpha value is -0.850. The Bertz CT molecular complexity index is 470. The van der Waals surface area contributed by atoms with E-state index in [4.69, 9.17) is 10.5 Å². The van der Waals surface area contributed by atoms with Gasteiger partial charge in [-0.1, -0.05) is 6.92 Å². The summed E-state index contributed by atoms with van der Waals surface area (Å²) < 4.78 is 5.54. The SMILES string of the molecule is CC1(CN)CCN(C(=O)C2CCCCN2C(=O)C2CCCO2)C1.Cl. The van der Waals surface area contributed by atoms with E-state index in [2.05, 4.69) is 6.92 Å². The third-order valence-corrected chi connectivity index (χ3v) is 5.64. The molecule has 3 rings (SSSR count). The summed E-state index contributed by atoms with van der Waals surface area (Å²) in [5.41, 5.74) is 5.87. The number of nitrogens with zero attached hydrogens (tertiary/aromatic N) is 2. The summed E-state index contributed by atoms with van der Waals surface area (Å²) in [4.78, 5) is 29.4. The van der Waals surface area contributed by atoms with Gasteiger partial charge in [-0.2, -0.15) is 0 Å². The Morgan fingerprint density at radius 3 is 2.58 bits per heavy atom. The lowest BCUT2D eigenvalue weighted by Crippen LogP contribution is -2.55. The van der Waals surface area contributed by atoms with Gasteiger partial charge in [0.1, 0.15) is 12.1 Å². The van der Waals surface area contributed by atoms with E-state index in [0.29, 0.717) is 26.2 Å². The minimum atomic E-state index is -0.337. The molecule has 0 aromatic rings. The smallest absolute Gasteiger partial charge is 0.252 e. The highest BCUT2D eigenvalue weighted by Crippen LogP contribution is 2.31. The maximum atomic E-state index is 13.0. The lowest BCUT2D eigenvalue weighted by atomic mass is 9.90. The van der Waals surface area contributed by atoms with Gasteiger partial charge >= 0.3 is 0 Å². The van der Waals surface area contributed by atoms with Crippen molar-refractivity contribution in [2.75, 3.05) is 32.8 Å². The summed E-state index contributed by atoms with van der Waals surface area (Å²) in [5, 5.41) is 0. The van der Waals surface area contributed by atoms with Gasteiger partial charge in [-0.3, -0.25) is 9.59 Å². The Balaban J connectivity index is 0.00000208. The first-order valence-corrected chi connectivity index (χ1v) is 8.95. The minimum absolute atomic E-state index is 0. The second-order valence-electron chi connectivity index (χ2n) is 7.57. The number of piperidine rings is 1. The number of amides is 2. The Morgan fingerprint density at radius 1 is 1.17 bits per heavy atom. The van der Waals surface area contributed by atoms with Crippen molar-refractivity contribution in [1.82, 2.24) is 9.80 Å². The Kier molecular flexibility index (Phi) is 6.51. The van der Waals surface area contributed by atoms with Crippen molar-refractivity contribution in [2.45, 2.75) is 57.6 Å². The second kappa shape index (κ2) is 8.02. The number of hydrogen-bond donors (Lipinski definition) is 1. The number of halogens is 1. The summed E-state index contributed by atoms with van der Waals surface area (Å²) in [7, 11) is 0. The second-order valence-corrected chi connectivity index (χ2v) is 7.57. The molecule has 0 aromatic carbocycles. The number of carbonyl (C=O) groups excluding carboxylic acids is 2. The number of carbonyl (C=O) groups is 2. The van der Waals surface area contributed by atoms with Gasteiger partial charge in [0.15, 0.2) is 0 Å². The molecule has 7 heteroatoms. The highest BCUT2D eigenvalue weighted by molar-refractivity contribution is 5.90. The normalized spacial score (nSPS) is 33.4. The van der Waals surface area contributed by atoms with Crippen molar-refractivity contribution in [1.29, 1.82) is 0 Å². The first kappa shape index (κ1) is 19.5. The average molecular weight is 360 g/mol. The van der Waals surface area contributed by atoms with Crippen LogP contribution in [-0.4, -0.2) is 66.5 Å². The highest BCUT2D eigenvalue weighted by atomic mass is 35.5. The first-order valence-electron chi connectivity index (χ1n) is 8.95. The van der Waals surface area contributed by atoms with Crippen LogP contribution in [0.1, 0.15) is 45.4 Å². The zero-order valence-electron chi connectivity index (χ0n) is 14.5. The molecule has 3 aliphatic heterocycles. The lowest BCUT2D eigenvalue weighted by molar-refractivity contribution is -0.153. The van der Waals surface area contributed by atoms with E-state index >= 15 is 0 Å². The summed E-state index contributed by atoms with van der Waals surface area (Å²) in [5.74, 6) is 0.120. The number of likely N-dealkylation sites (tertiary alicyclic amines) is 2. The topological polar surface area (TPSA) is 75.9 Å². The Labute approximate surface area is 150 Å². The van der Waals surface area contributed by atoms with E-state index in [1.807, 2.05) is 4.90 Å². The van der Waals surface area contributed by atoms with Crippen LogP contribution in [-0.2, 0) is 14.3 Å². The Morgan fingerprint density at radius 2 is 1.96 bits per heavy atom. The lowest BCUT2D eigenvalue weighted by Gasteiger charge is -2.38. The number of hydrogen-bond acceptors (Lipinski definition) is 4. The standard InChI is InChI=1S/C17H29N3O3.ClH/c1-17(11-18)7-9-19(12-17)15(21)13-5-2-3-8-20(13)16(22)14-6-4-10-23-14;/h13-14H,2-12,18H2,1H3;1H. The molecule has 3 aliphatic rings. The molecule has 2 N–H and O–H groups in total. The molecule has 0 aliphatic carbocycles. The molecule has 0 bridgehead atoms. The van der Waals surface area contributed by atoms with Gasteiger partial charge in [-0.05, 0) is 50.5 Å². The van der Waals surface area contributed by atoms with E-state index in [9.17, 15) is 9.59 Å². The summed E-state index contributed by atoms with van der Waals surface area (Å²) >= 11 is 0. The fraction of sp³-hybridized carbons (Fsp3) is 0.882. The van der Waals surface area contributed by atoms with Crippen molar-refractivity contribution in [2.24, 2.45) is 11.1 Å². The van der Waals surface area contributed by atoms with Crippen molar-refractivity contribution >= 4 is 24.2 Å². The minimum Gasteiger partial charge on any atom is -0.368 e. The van der Waals surface area contributed by atoms with Crippen LogP contribution in [0.4, 0.5) is 0 Å². The molecule has 2 amide bonds. The van der Waals surface area contributed by atoms with Gasteiger partial charge < -0.3 is 20.3 Å². The molecule has 3 fully saturated rings. The molecule has 0 aromatic heterocycles. The van der Waals surface area contributed by atoms with Crippen molar-refractivity contribution in [3.05, 3.63) is 0 Å². The zero-order valence-corrected chi connectivity index (χ0v) is 15.4. The van der Waals surface area contributed by atoms with Gasteiger partial charge in [-0.25, -0.2) is 0 Å². The fourth-order valence-electron chi connectivity index (χ4n) is 4.00. The van der Waals surface area contributed by atoms with Crippen LogP contribution >= 0.6 is 12.4 Å². The fourth-order valence-corrected chi connectivity index (χ4v) is 4.00. The molecule has 3 heterocycles. The van der Waals surface area contributed by atoms with Crippen LogP contribution in [0.15, 0.2) is 0 Å². The van der Waals surface area contributed by atoms with Crippen LogP contribution in [0.5, 0.6) is 0 Å². The van der Waals surface area contributed by atoms with Crippen molar-refractivity contribution < 1.29 is 14.3 Å². The molecule has 3 atom stereocenters. The van der Waals surface area contributed by atoms with E-state index in [-0.39, 0.29) is 41.8 Å². The molecule has 138 valence electrons. The molecule has 0 saturated carbocycles. The van der Waals surface area contributed by atoms with E-state index in [0.717, 1.165) is 45.1 Å². The summed E-state index contributed by atoms with van der Waals surface area (Å²) in [6.07, 6.45) is 5.08. The van der Waals surface area contributed by atoms with Gasteiger partial charge in [0.25, 0.3) is 5.91 Å². The monoisotopic (exact) mass is 359 g/mol. The van der Waals surface area contributed by atoms with Crippen LogP contribution in [0.25, 0.3) is 0 Å². The van der Waals surface area contributed by atoms with E-state index in [1.54, 1.807) is 4.90 Å². The van der Waals surface area contributed by atoms with E-state index in [1.165, 1.54) is 0 Å². The molecule has 3 unspecified atom stereocenters. The van der Waals surface area contributed by atoms with Crippen LogP contribution in [0.2, 0.25) is 0 Å². The predicted octanol–water partition coefficient (Wildman–Crippen LogP) is 1.17. The third-order valence-electron chi connectivity index (χ3n) is 5.64. The number of nitrogens with two attached hydrogens (primary N) is 1. The third kappa shape index (κ3) is 3.86. The quantitative estimate of drug-likeness (QED) is 0.820. The maximum Gasteiger partial charge on any atom is 0.252 e. The first-order chi connectivity index (χ1) is 11.0. The van der Waals surface area contributed by atoms with Crippen molar-refractivity contribution in [3.63, 3.8) is 0 Å². The van der Waals surface area contributed by atoms with Gasteiger partial charge in [0.05, 0.1) is 0 Å². The largest absolute Gasteiger partial charge is 0.368 e. The van der Waals surface area contributed by atoms with Gasteiger partial charge in [-0.15, -0.1) is 12.4 Å².